The van der Waals surface area contributed by atoms with E-state index < -0.39 is 0 Å². The first kappa shape index (κ1) is 5.15. The molecule has 0 N–H and O–H groups in total. The van der Waals surface area contributed by atoms with Crippen LogP contribution >= 0.6 is 0 Å². The summed E-state index contributed by atoms with van der Waals surface area (Å²) in [5.74, 6) is 0.683. The lowest BCUT2D eigenvalue weighted by Gasteiger charge is -2.26. The maximum atomic E-state index is 10.8. The van der Waals surface area contributed by atoms with Crippen LogP contribution in [0.25, 0.3) is 0 Å². The average molecular weight is 124 g/mol. The minimum Gasteiger partial charge on any atom is -0.299 e. The summed E-state index contributed by atoms with van der Waals surface area (Å²) >= 11 is 0. The van der Waals surface area contributed by atoms with Crippen LogP contribution in [0.5, 0.6) is 0 Å². The molecule has 2 atom stereocenters. The number of rotatable bonds is 0. The minimum atomic E-state index is 0.150. The summed E-state index contributed by atoms with van der Waals surface area (Å²) in [5, 5.41) is 0. The molecule has 2 nitrogen and oxygen atoms in total. The highest BCUT2D eigenvalue weighted by atomic mass is 16.2. The zero-order chi connectivity index (χ0) is 6.43. The Labute approximate surface area is 53.2 Å². The molecule has 0 aromatic carbocycles. The van der Waals surface area contributed by atoms with E-state index in [2.05, 4.69) is 0 Å². The third-order valence-electron chi connectivity index (χ3n) is 2.45. The SMILES string of the molecule is O=C1CC(=O)[C@@H]2CC[C@H]12. The van der Waals surface area contributed by atoms with Crippen LogP contribution in [0.2, 0.25) is 0 Å². The third kappa shape index (κ3) is 0.506. The van der Waals surface area contributed by atoms with Gasteiger partial charge in [-0.1, -0.05) is 0 Å². The van der Waals surface area contributed by atoms with Crippen molar-refractivity contribution < 1.29 is 9.59 Å². The number of ketones is 2. The molecule has 0 aromatic rings. The molecular formula is C7H8O2. The lowest BCUT2D eigenvalue weighted by atomic mass is 9.76. The third-order valence-corrected chi connectivity index (χ3v) is 2.45. The Balaban J connectivity index is 2.26. The predicted molar refractivity (Wildman–Crippen MR) is 30.8 cm³/mol. The van der Waals surface area contributed by atoms with Gasteiger partial charge < -0.3 is 0 Å². The van der Waals surface area contributed by atoms with Gasteiger partial charge in [0, 0.05) is 11.8 Å². The topological polar surface area (TPSA) is 34.1 Å². The number of carbonyl (C=O) groups is 2. The van der Waals surface area contributed by atoms with E-state index in [1.807, 2.05) is 0 Å². The number of hydrogen-bond donors (Lipinski definition) is 0. The van der Waals surface area contributed by atoms with Gasteiger partial charge in [-0.05, 0) is 12.8 Å². The van der Waals surface area contributed by atoms with Crippen LogP contribution in [0.15, 0.2) is 0 Å². The van der Waals surface area contributed by atoms with Crippen LogP contribution < -0.4 is 0 Å². The average Bonchev–Trinajstić information content (AvgIpc) is 1.73. The fourth-order valence-electron chi connectivity index (χ4n) is 1.70. The van der Waals surface area contributed by atoms with Crippen molar-refractivity contribution in [1.29, 1.82) is 0 Å². The van der Waals surface area contributed by atoms with Gasteiger partial charge in [-0.3, -0.25) is 9.59 Å². The lowest BCUT2D eigenvalue weighted by Crippen LogP contribution is -2.27. The highest BCUT2D eigenvalue weighted by Gasteiger charge is 2.47. The van der Waals surface area contributed by atoms with E-state index in [0.29, 0.717) is 0 Å². The molecule has 2 heteroatoms. The predicted octanol–water partition coefficient (Wildman–Crippen LogP) is 0.554. The van der Waals surface area contributed by atoms with E-state index in [4.69, 9.17) is 0 Å². The summed E-state index contributed by atoms with van der Waals surface area (Å²) in [4.78, 5) is 21.7. The summed E-state index contributed by atoms with van der Waals surface area (Å²) in [7, 11) is 0. The largest absolute Gasteiger partial charge is 0.299 e. The maximum absolute atomic E-state index is 10.8. The highest BCUT2D eigenvalue weighted by Crippen LogP contribution is 2.41. The van der Waals surface area contributed by atoms with E-state index >= 15 is 0 Å². The number of fused-ring (bicyclic) bond motifs is 1. The van der Waals surface area contributed by atoms with Crippen molar-refractivity contribution in [3.8, 4) is 0 Å². The summed E-state index contributed by atoms with van der Waals surface area (Å²) < 4.78 is 0. The molecule has 0 spiro atoms. The van der Waals surface area contributed by atoms with Gasteiger partial charge >= 0.3 is 0 Å². The van der Waals surface area contributed by atoms with Crippen molar-refractivity contribution in [2.24, 2.45) is 11.8 Å². The van der Waals surface area contributed by atoms with Crippen molar-refractivity contribution in [3.63, 3.8) is 0 Å². The van der Waals surface area contributed by atoms with Crippen LogP contribution in [-0.2, 0) is 9.59 Å². The van der Waals surface area contributed by atoms with Gasteiger partial charge in [0.25, 0.3) is 0 Å². The van der Waals surface area contributed by atoms with Gasteiger partial charge in [0.15, 0.2) is 0 Å². The zero-order valence-electron chi connectivity index (χ0n) is 5.09. The fourth-order valence-corrected chi connectivity index (χ4v) is 1.70. The zero-order valence-corrected chi connectivity index (χ0v) is 5.09. The lowest BCUT2D eigenvalue weighted by molar-refractivity contribution is -0.123. The molecule has 0 radical (unpaired) electrons. The Morgan fingerprint density at radius 1 is 1.00 bits per heavy atom. The van der Waals surface area contributed by atoms with Crippen molar-refractivity contribution in [2.45, 2.75) is 19.3 Å². The molecule has 2 fully saturated rings. The number of Topliss-reactive ketones (excluding diaryl/α,β-unsaturated/α-hetero) is 2. The molecule has 2 aliphatic carbocycles. The van der Waals surface area contributed by atoms with E-state index in [9.17, 15) is 9.59 Å². The van der Waals surface area contributed by atoms with E-state index in [1.165, 1.54) is 0 Å². The van der Waals surface area contributed by atoms with Gasteiger partial charge in [0.2, 0.25) is 0 Å². The summed E-state index contributed by atoms with van der Waals surface area (Å²) in [6.45, 7) is 0. The molecule has 0 aliphatic heterocycles. The van der Waals surface area contributed by atoms with Crippen molar-refractivity contribution in [1.82, 2.24) is 0 Å². The summed E-state index contributed by atoms with van der Waals surface area (Å²) in [5.41, 5.74) is 0. The minimum absolute atomic E-state index is 0.150. The molecule has 0 amide bonds. The number of hydrogen-bond acceptors (Lipinski definition) is 2. The standard InChI is InChI=1S/C7H8O2/c8-6-3-7(9)5-2-1-4(5)6/h4-5H,1-3H2/t4-,5+. The molecule has 9 heavy (non-hydrogen) atoms. The van der Waals surface area contributed by atoms with Crippen LogP contribution in [0.3, 0.4) is 0 Å². The normalized spacial score (nSPS) is 40.4. The van der Waals surface area contributed by atoms with Crippen molar-refractivity contribution in [3.05, 3.63) is 0 Å². The Bertz CT molecular complexity index is 163. The quantitative estimate of drug-likeness (QED) is 0.442. The first-order valence-electron chi connectivity index (χ1n) is 3.34. The second kappa shape index (κ2) is 1.43. The Morgan fingerprint density at radius 3 is 1.67 bits per heavy atom. The van der Waals surface area contributed by atoms with Crippen LogP contribution in [0.1, 0.15) is 19.3 Å². The smallest absolute Gasteiger partial charge is 0.144 e. The molecule has 2 rings (SSSR count). The summed E-state index contributed by atoms with van der Waals surface area (Å²) in [6, 6.07) is 0. The second-order valence-electron chi connectivity index (χ2n) is 2.90. The first-order chi connectivity index (χ1) is 4.29. The molecule has 0 unspecified atom stereocenters. The van der Waals surface area contributed by atoms with Crippen LogP contribution in [-0.4, -0.2) is 11.6 Å². The molecule has 2 aliphatic rings. The Kier molecular flexibility index (Phi) is 0.821. The Morgan fingerprint density at radius 2 is 1.44 bits per heavy atom. The first-order valence-corrected chi connectivity index (χ1v) is 3.34. The van der Waals surface area contributed by atoms with Crippen molar-refractivity contribution in [2.75, 3.05) is 0 Å². The monoisotopic (exact) mass is 124 g/mol. The van der Waals surface area contributed by atoms with E-state index in [-0.39, 0.29) is 29.8 Å². The van der Waals surface area contributed by atoms with E-state index in [0.717, 1.165) is 12.8 Å². The molecular weight excluding hydrogens is 116 g/mol. The molecule has 0 bridgehead atoms. The van der Waals surface area contributed by atoms with Crippen LogP contribution in [0.4, 0.5) is 0 Å². The highest BCUT2D eigenvalue weighted by molar-refractivity contribution is 6.09. The molecule has 0 saturated heterocycles. The second-order valence-corrected chi connectivity index (χ2v) is 2.90. The molecule has 0 heterocycles. The maximum Gasteiger partial charge on any atom is 0.144 e. The van der Waals surface area contributed by atoms with Crippen LogP contribution in [0, 0.1) is 11.8 Å². The molecule has 48 valence electrons. The van der Waals surface area contributed by atoms with Gasteiger partial charge in [-0.25, -0.2) is 0 Å². The van der Waals surface area contributed by atoms with Gasteiger partial charge in [-0.2, -0.15) is 0 Å². The summed E-state index contributed by atoms with van der Waals surface area (Å²) in [6.07, 6.45) is 2.17. The number of carbonyl (C=O) groups excluding carboxylic acids is 2. The van der Waals surface area contributed by atoms with Gasteiger partial charge in [-0.15, -0.1) is 0 Å². The molecule has 2 saturated carbocycles. The van der Waals surface area contributed by atoms with Gasteiger partial charge in [0.1, 0.15) is 11.6 Å². The Hall–Kier alpha value is -0.660. The fraction of sp³-hybridized carbons (Fsp3) is 0.714. The van der Waals surface area contributed by atoms with Gasteiger partial charge in [0.05, 0.1) is 6.42 Å². The van der Waals surface area contributed by atoms with E-state index in [1.54, 1.807) is 0 Å². The molecule has 0 aromatic heterocycles. The van der Waals surface area contributed by atoms with Crippen molar-refractivity contribution >= 4 is 11.6 Å².